The fraction of sp³-hybridized carbons (Fsp3) is 0.632. The van der Waals surface area contributed by atoms with Crippen LogP contribution in [0.25, 0.3) is 0 Å². The molecule has 164 valence electrons. The van der Waals surface area contributed by atoms with Gasteiger partial charge in [-0.2, -0.15) is 0 Å². The monoisotopic (exact) mass is 414 g/mol. The average Bonchev–Trinajstić information content (AvgIpc) is 3.09. The van der Waals surface area contributed by atoms with Crippen molar-refractivity contribution in [2.24, 2.45) is 5.73 Å². The highest BCUT2D eigenvalue weighted by Gasteiger charge is 2.62. The van der Waals surface area contributed by atoms with E-state index < -0.39 is 29.8 Å². The van der Waals surface area contributed by atoms with Gasteiger partial charge in [-0.15, -0.1) is 0 Å². The summed E-state index contributed by atoms with van der Waals surface area (Å²) in [7, 11) is 5.88. The zero-order valence-corrected chi connectivity index (χ0v) is 17.4. The standard InChI is InChI=1S/C19H30N2O8/c1-6-7-28-17-16(27-5)14(10-20)29-19(17,18(22)21-23)11-8-12(24-2)15(26-4)13(9-11)25-3/h8-9,14,16-17,23H,6-7,10,20H2,1-5H3,(H,21,22). The second-order valence-electron chi connectivity index (χ2n) is 6.47. The molecule has 1 aliphatic rings. The zero-order valence-electron chi connectivity index (χ0n) is 17.4. The normalized spacial score (nSPS) is 26.2. The highest BCUT2D eigenvalue weighted by molar-refractivity contribution is 5.87. The summed E-state index contributed by atoms with van der Waals surface area (Å²) in [5.74, 6) is 0.150. The molecule has 0 saturated carbocycles. The fourth-order valence-corrected chi connectivity index (χ4v) is 3.64. The second kappa shape index (κ2) is 10.1. The van der Waals surface area contributed by atoms with Gasteiger partial charge in [0.1, 0.15) is 18.3 Å². The van der Waals surface area contributed by atoms with Gasteiger partial charge in [-0.05, 0) is 18.6 Å². The Hall–Kier alpha value is -2.11. The van der Waals surface area contributed by atoms with Crippen LogP contribution in [0, 0.1) is 0 Å². The lowest BCUT2D eigenvalue weighted by Crippen LogP contribution is -2.53. The van der Waals surface area contributed by atoms with Crippen molar-refractivity contribution in [2.75, 3.05) is 41.6 Å². The first-order valence-corrected chi connectivity index (χ1v) is 9.26. The van der Waals surface area contributed by atoms with Gasteiger partial charge in [-0.1, -0.05) is 6.92 Å². The molecule has 10 heteroatoms. The van der Waals surface area contributed by atoms with E-state index in [0.29, 0.717) is 35.8 Å². The summed E-state index contributed by atoms with van der Waals surface area (Å²) in [6, 6.07) is 3.15. The minimum absolute atomic E-state index is 0.0787. The zero-order chi connectivity index (χ0) is 21.6. The van der Waals surface area contributed by atoms with Crippen LogP contribution in [-0.4, -0.2) is 71.0 Å². The van der Waals surface area contributed by atoms with Crippen LogP contribution >= 0.6 is 0 Å². The number of hydrogen-bond donors (Lipinski definition) is 3. The number of hydrogen-bond acceptors (Lipinski definition) is 9. The van der Waals surface area contributed by atoms with Gasteiger partial charge < -0.3 is 34.2 Å². The van der Waals surface area contributed by atoms with Crippen LogP contribution < -0.4 is 25.4 Å². The molecule has 1 amide bonds. The van der Waals surface area contributed by atoms with Gasteiger partial charge in [-0.25, -0.2) is 5.48 Å². The van der Waals surface area contributed by atoms with Crippen molar-refractivity contribution in [3.63, 3.8) is 0 Å². The van der Waals surface area contributed by atoms with Crippen LogP contribution in [-0.2, 0) is 24.6 Å². The van der Waals surface area contributed by atoms with Crippen LogP contribution in [0.4, 0.5) is 0 Å². The smallest absolute Gasteiger partial charge is 0.283 e. The Bertz CT molecular complexity index is 676. The first-order chi connectivity index (χ1) is 14.0. The minimum Gasteiger partial charge on any atom is -0.493 e. The predicted molar refractivity (Wildman–Crippen MR) is 102 cm³/mol. The Balaban J connectivity index is 2.75. The lowest BCUT2D eigenvalue weighted by molar-refractivity contribution is -0.169. The Kier molecular flexibility index (Phi) is 8.05. The number of benzene rings is 1. The van der Waals surface area contributed by atoms with Crippen LogP contribution in [0.15, 0.2) is 12.1 Å². The third kappa shape index (κ3) is 3.99. The first kappa shape index (κ1) is 23.2. The Morgan fingerprint density at radius 3 is 2.24 bits per heavy atom. The summed E-state index contributed by atoms with van der Waals surface area (Å²) < 4.78 is 33.9. The molecule has 1 aromatic carbocycles. The summed E-state index contributed by atoms with van der Waals surface area (Å²) in [5, 5.41) is 9.54. The summed E-state index contributed by atoms with van der Waals surface area (Å²) >= 11 is 0. The van der Waals surface area contributed by atoms with E-state index in [0.717, 1.165) is 0 Å². The molecule has 1 aliphatic heterocycles. The molecule has 2 rings (SSSR count). The molecule has 0 aliphatic carbocycles. The van der Waals surface area contributed by atoms with Crippen LogP contribution in [0.1, 0.15) is 18.9 Å². The first-order valence-electron chi connectivity index (χ1n) is 9.26. The molecular formula is C19H30N2O8. The van der Waals surface area contributed by atoms with Crippen molar-refractivity contribution >= 4 is 5.91 Å². The molecule has 0 aromatic heterocycles. The van der Waals surface area contributed by atoms with E-state index in [1.165, 1.54) is 28.4 Å². The molecule has 1 saturated heterocycles. The maximum Gasteiger partial charge on any atom is 0.283 e. The van der Waals surface area contributed by atoms with Gasteiger partial charge in [0.05, 0.1) is 21.3 Å². The number of nitrogens with two attached hydrogens (primary N) is 1. The maximum absolute atomic E-state index is 13.0. The van der Waals surface area contributed by atoms with E-state index in [9.17, 15) is 10.0 Å². The summed E-state index contributed by atoms with van der Waals surface area (Å²) in [5.41, 5.74) is 6.13. The quantitative estimate of drug-likeness (QED) is 0.372. The highest BCUT2D eigenvalue weighted by atomic mass is 16.6. The molecule has 0 radical (unpaired) electrons. The molecule has 1 aromatic rings. The third-order valence-corrected chi connectivity index (χ3v) is 4.94. The third-order valence-electron chi connectivity index (χ3n) is 4.94. The van der Waals surface area contributed by atoms with Crippen molar-refractivity contribution < 1.29 is 38.4 Å². The van der Waals surface area contributed by atoms with Gasteiger partial charge >= 0.3 is 0 Å². The molecule has 1 heterocycles. The van der Waals surface area contributed by atoms with Gasteiger partial charge in [0, 0.05) is 25.8 Å². The Morgan fingerprint density at radius 2 is 1.83 bits per heavy atom. The van der Waals surface area contributed by atoms with Crippen molar-refractivity contribution in [1.29, 1.82) is 0 Å². The van der Waals surface area contributed by atoms with Crippen molar-refractivity contribution in [3.05, 3.63) is 17.7 Å². The summed E-state index contributed by atoms with van der Waals surface area (Å²) in [6.45, 7) is 2.36. The maximum atomic E-state index is 13.0. The number of ether oxygens (including phenoxy) is 6. The van der Waals surface area contributed by atoms with Gasteiger partial charge in [0.15, 0.2) is 11.5 Å². The molecule has 1 fully saturated rings. The molecular weight excluding hydrogens is 384 g/mol. The van der Waals surface area contributed by atoms with Crippen LogP contribution in [0.2, 0.25) is 0 Å². The number of hydroxylamine groups is 1. The van der Waals surface area contributed by atoms with E-state index in [1.54, 1.807) is 17.6 Å². The van der Waals surface area contributed by atoms with Crippen molar-refractivity contribution in [2.45, 2.75) is 37.3 Å². The molecule has 4 N–H and O–H groups in total. The molecule has 29 heavy (non-hydrogen) atoms. The number of amides is 1. The van der Waals surface area contributed by atoms with E-state index in [1.807, 2.05) is 6.92 Å². The lowest BCUT2D eigenvalue weighted by Gasteiger charge is -2.34. The predicted octanol–water partition coefficient (Wildman–Crippen LogP) is 0.581. The number of nitrogens with one attached hydrogen (secondary N) is 1. The van der Waals surface area contributed by atoms with Crippen LogP contribution in [0.5, 0.6) is 17.2 Å². The largest absolute Gasteiger partial charge is 0.493 e. The molecule has 4 atom stereocenters. The summed E-state index contributed by atoms with van der Waals surface area (Å²) in [4.78, 5) is 13.0. The lowest BCUT2D eigenvalue weighted by atomic mass is 9.85. The van der Waals surface area contributed by atoms with Crippen LogP contribution in [0.3, 0.4) is 0 Å². The second-order valence-corrected chi connectivity index (χ2v) is 6.47. The topological polar surface area (TPSA) is 131 Å². The molecule has 4 unspecified atom stereocenters. The Morgan fingerprint density at radius 1 is 1.21 bits per heavy atom. The molecule has 0 bridgehead atoms. The number of methoxy groups -OCH3 is 4. The molecule has 0 spiro atoms. The fourth-order valence-electron chi connectivity index (χ4n) is 3.64. The van der Waals surface area contributed by atoms with E-state index >= 15 is 0 Å². The minimum atomic E-state index is -1.76. The Labute approximate surface area is 170 Å². The highest BCUT2D eigenvalue weighted by Crippen LogP contribution is 2.48. The average molecular weight is 414 g/mol. The molecule has 10 nitrogen and oxygen atoms in total. The van der Waals surface area contributed by atoms with E-state index in [4.69, 9.17) is 34.2 Å². The van der Waals surface area contributed by atoms with Crippen molar-refractivity contribution in [1.82, 2.24) is 5.48 Å². The van der Waals surface area contributed by atoms with Gasteiger partial charge in [-0.3, -0.25) is 10.0 Å². The number of carbonyl (C=O) groups excluding carboxylic acids is 1. The van der Waals surface area contributed by atoms with Gasteiger partial charge in [0.25, 0.3) is 5.91 Å². The summed E-state index contributed by atoms with van der Waals surface area (Å²) in [6.07, 6.45) is -1.50. The van der Waals surface area contributed by atoms with Crippen molar-refractivity contribution in [3.8, 4) is 17.2 Å². The van der Waals surface area contributed by atoms with Gasteiger partial charge in [0.2, 0.25) is 11.4 Å². The van der Waals surface area contributed by atoms with E-state index in [2.05, 4.69) is 0 Å². The number of carbonyl (C=O) groups is 1. The number of rotatable bonds is 10. The van der Waals surface area contributed by atoms with E-state index in [-0.39, 0.29) is 6.54 Å². The SMILES string of the molecule is CCCOC1C(OC)C(CN)OC1(C(=O)NO)c1cc(OC)c(OC)c(OC)c1.